The number of nitrogens with one attached hydrogen (secondary N) is 2. The Labute approximate surface area is 173 Å². The number of nitrogens with zero attached hydrogens (tertiary/aromatic N) is 1. The predicted molar refractivity (Wildman–Crippen MR) is 112 cm³/mol. The number of urea groups is 1. The minimum absolute atomic E-state index is 0.174. The molecule has 29 heavy (non-hydrogen) atoms. The third kappa shape index (κ3) is 4.31. The van der Waals surface area contributed by atoms with Crippen molar-refractivity contribution < 1.29 is 14.4 Å². The molecule has 0 spiro atoms. The van der Waals surface area contributed by atoms with E-state index < -0.39 is 11.6 Å². The highest BCUT2D eigenvalue weighted by atomic mass is 16.2. The van der Waals surface area contributed by atoms with Crippen LogP contribution in [-0.4, -0.2) is 34.8 Å². The van der Waals surface area contributed by atoms with Gasteiger partial charge in [0.2, 0.25) is 5.91 Å². The number of rotatable bonds is 8. The van der Waals surface area contributed by atoms with E-state index in [0.717, 1.165) is 29.7 Å². The van der Waals surface area contributed by atoms with Crippen LogP contribution in [0.15, 0.2) is 24.3 Å². The van der Waals surface area contributed by atoms with Gasteiger partial charge in [-0.05, 0) is 55.1 Å². The van der Waals surface area contributed by atoms with Crippen molar-refractivity contribution in [3.63, 3.8) is 0 Å². The molecule has 6 nitrogen and oxygen atoms in total. The van der Waals surface area contributed by atoms with Crippen LogP contribution >= 0.6 is 0 Å². The first-order valence-electron chi connectivity index (χ1n) is 10.7. The van der Waals surface area contributed by atoms with E-state index in [1.165, 1.54) is 5.56 Å². The molecule has 1 aromatic carbocycles. The Morgan fingerprint density at radius 1 is 1.17 bits per heavy atom. The smallest absolute Gasteiger partial charge is 0.325 e. The molecular formula is C23H33N3O3. The highest BCUT2D eigenvalue weighted by Crippen LogP contribution is 2.42. The lowest BCUT2D eigenvalue weighted by molar-refractivity contribution is -0.135. The summed E-state index contributed by atoms with van der Waals surface area (Å²) < 4.78 is 0. The zero-order chi connectivity index (χ0) is 21.3. The molecule has 6 heteroatoms. The van der Waals surface area contributed by atoms with Crippen molar-refractivity contribution >= 4 is 17.8 Å². The Bertz CT molecular complexity index is 785. The van der Waals surface area contributed by atoms with Crippen molar-refractivity contribution in [1.29, 1.82) is 0 Å². The van der Waals surface area contributed by atoms with Gasteiger partial charge < -0.3 is 10.6 Å². The van der Waals surface area contributed by atoms with E-state index in [1.54, 1.807) is 6.92 Å². The zero-order valence-corrected chi connectivity index (χ0v) is 18.1. The van der Waals surface area contributed by atoms with Gasteiger partial charge in [0.25, 0.3) is 5.91 Å². The van der Waals surface area contributed by atoms with Gasteiger partial charge in [0.05, 0.1) is 6.04 Å². The monoisotopic (exact) mass is 399 g/mol. The van der Waals surface area contributed by atoms with Gasteiger partial charge in [-0.25, -0.2) is 4.79 Å². The van der Waals surface area contributed by atoms with Crippen LogP contribution in [0.1, 0.15) is 77.0 Å². The van der Waals surface area contributed by atoms with Gasteiger partial charge in [-0.3, -0.25) is 14.5 Å². The van der Waals surface area contributed by atoms with Crippen LogP contribution in [0.2, 0.25) is 0 Å². The van der Waals surface area contributed by atoms with E-state index in [4.69, 9.17) is 0 Å². The van der Waals surface area contributed by atoms with Gasteiger partial charge in [-0.15, -0.1) is 0 Å². The van der Waals surface area contributed by atoms with E-state index in [9.17, 15) is 14.4 Å². The summed E-state index contributed by atoms with van der Waals surface area (Å²) in [4.78, 5) is 38.8. The Balaban J connectivity index is 1.67. The summed E-state index contributed by atoms with van der Waals surface area (Å²) in [5.41, 5.74) is 1.45. The second-order valence-corrected chi connectivity index (χ2v) is 9.06. The lowest BCUT2D eigenvalue weighted by atomic mass is 9.92. The van der Waals surface area contributed by atoms with E-state index in [1.807, 2.05) is 13.8 Å². The number of carbonyl (C=O) groups excluding carboxylic acids is 3. The number of carbonyl (C=O) groups is 3. The molecule has 4 amide bonds. The summed E-state index contributed by atoms with van der Waals surface area (Å²) in [6.45, 7) is 9.97. The molecule has 1 aromatic rings. The Kier molecular flexibility index (Phi) is 6.01. The maximum absolute atomic E-state index is 12.7. The molecule has 0 radical (unpaired) electrons. The van der Waals surface area contributed by atoms with Crippen LogP contribution in [0.3, 0.4) is 0 Å². The van der Waals surface area contributed by atoms with Crippen molar-refractivity contribution in [1.82, 2.24) is 15.5 Å². The molecule has 0 bridgehead atoms. The van der Waals surface area contributed by atoms with Crippen LogP contribution in [0.4, 0.5) is 4.79 Å². The zero-order valence-electron chi connectivity index (χ0n) is 18.1. The third-order valence-electron chi connectivity index (χ3n) is 6.46. The molecule has 1 saturated carbocycles. The number of imide groups is 1. The topological polar surface area (TPSA) is 78.5 Å². The van der Waals surface area contributed by atoms with Gasteiger partial charge in [0, 0.05) is 0 Å². The van der Waals surface area contributed by atoms with Crippen LogP contribution in [0.5, 0.6) is 0 Å². The van der Waals surface area contributed by atoms with Crippen LogP contribution in [0, 0.1) is 11.8 Å². The Morgan fingerprint density at radius 3 is 2.28 bits per heavy atom. The Morgan fingerprint density at radius 2 is 1.76 bits per heavy atom. The average Bonchev–Trinajstić information content (AvgIpc) is 3.51. The summed E-state index contributed by atoms with van der Waals surface area (Å²) in [6, 6.07) is 7.70. The number of hydrogen-bond donors (Lipinski definition) is 2. The fraction of sp³-hybridized carbons (Fsp3) is 0.609. The van der Waals surface area contributed by atoms with Gasteiger partial charge in [-0.1, -0.05) is 52.0 Å². The van der Waals surface area contributed by atoms with Crippen molar-refractivity contribution in [2.24, 2.45) is 11.8 Å². The minimum atomic E-state index is -0.861. The molecule has 2 aliphatic rings. The third-order valence-corrected chi connectivity index (χ3v) is 6.46. The van der Waals surface area contributed by atoms with Crippen molar-refractivity contribution in [3.8, 4) is 0 Å². The lowest BCUT2D eigenvalue weighted by Gasteiger charge is -2.25. The fourth-order valence-corrected chi connectivity index (χ4v) is 4.06. The average molecular weight is 400 g/mol. The van der Waals surface area contributed by atoms with E-state index >= 15 is 0 Å². The molecule has 3 rings (SSSR count). The summed E-state index contributed by atoms with van der Waals surface area (Å²) >= 11 is 0. The van der Waals surface area contributed by atoms with Gasteiger partial charge in [0.1, 0.15) is 12.1 Å². The second kappa shape index (κ2) is 8.17. The first kappa shape index (κ1) is 21.3. The molecule has 1 aliphatic heterocycles. The standard InChI is InChI=1S/C23H33N3O3/c1-6-15(4)16-7-9-17(10-8-16)20(14(2)3)24-19(27)13-26-21(28)23(5,18-11-12-18)25-22(26)29/h7-10,14-15,18,20H,6,11-13H2,1-5H3,(H,24,27)(H,25,29). The van der Waals surface area contributed by atoms with E-state index in [0.29, 0.717) is 5.92 Å². The predicted octanol–water partition coefficient (Wildman–Crippen LogP) is 3.73. The minimum Gasteiger partial charge on any atom is -0.347 e. The maximum Gasteiger partial charge on any atom is 0.325 e. The van der Waals surface area contributed by atoms with Crippen molar-refractivity contribution in [3.05, 3.63) is 35.4 Å². The van der Waals surface area contributed by atoms with E-state index in [2.05, 4.69) is 48.7 Å². The van der Waals surface area contributed by atoms with E-state index in [-0.39, 0.29) is 36.2 Å². The second-order valence-electron chi connectivity index (χ2n) is 9.06. The van der Waals surface area contributed by atoms with Gasteiger partial charge in [-0.2, -0.15) is 0 Å². The SMILES string of the molecule is CCC(C)c1ccc(C(NC(=O)CN2C(=O)NC(C)(C3CC3)C2=O)C(C)C)cc1. The van der Waals surface area contributed by atoms with Crippen LogP contribution in [0.25, 0.3) is 0 Å². The summed E-state index contributed by atoms with van der Waals surface area (Å²) in [7, 11) is 0. The number of amides is 4. The van der Waals surface area contributed by atoms with Crippen LogP contribution in [-0.2, 0) is 9.59 Å². The highest BCUT2D eigenvalue weighted by molar-refractivity contribution is 6.09. The molecule has 158 valence electrons. The normalized spacial score (nSPS) is 23.9. The summed E-state index contributed by atoms with van der Waals surface area (Å²) in [5, 5.41) is 5.81. The van der Waals surface area contributed by atoms with Crippen LogP contribution < -0.4 is 10.6 Å². The molecular weight excluding hydrogens is 366 g/mol. The highest BCUT2D eigenvalue weighted by Gasteiger charge is 2.56. The lowest BCUT2D eigenvalue weighted by Crippen LogP contribution is -2.47. The molecule has 1 aliphatic carbocycles. The maximum atomic E-state index is 12.7. The Hall–Kier alpha value is -2.37. The summed E-state index contributed by atoms with van der Waals surface area (Å²) in [5.74, 6) is 0.238. The molecule has 1 saturated heterocycles. The molecule has 3 atom stereocenters. The molecule has 0 aromatic heterocycles. The number of hydrogen-bond acceptors (Lipinski definition) is 3. The number of benzene rings is 1. The fourth-order valence-electron chi connectivity index (χ4n) is 4.06. The largest absolute Gasteiger partial charge is 0.347 e. The van der Waals surface area contributed by atoms with Gasteiger partial charge in [0.15, 0.2) is 0 Å². The van der Waals surface area contributed by atoms with Crippen molar-refractivity contribution in [2.45, 2.75) is 71.4 Å². The van der Waals surface area contributed by atoms with Crippen molar-refractivity contribution in [2.75, 3.05) is 6.54 Å². The molecule has 2 N–H and O–H groups in total. The molecule has 1 heterocycles. The molecule has 3 unspecified atom stereocenters. The van der Waals surface area contributed by atoms with Gasteiger partial charge >= 0.3 is 6.03 Å². The first-order chi connectivity index (χ1) is 13.7. The summed E-state index contributed by atoms with van der Waals surface area (Å²) in [6.07, 6.45) is 2.95. The molecule has 2 fully saturated rings. The quantitative estimate of drug-likeness (QED) is 0.654. The first-order valence-corrected chi connectivity index (χ1v) is 10.7.